The molecule has 0 aliphatic heterocycles. The van der Waals surface area contributed by atoms with E-state index >= 15 is 0 Å². The van der Waals surface area contributed by atoms with Crippen LogP contribution >= 0.6 is 11.6 Å². The topological polar surface area (TPSA) is 81.7 Å². The smallest absolute Gasteiger partial charge is 0.410 e. The highest BCUT2D eigenvalue weighted by atomic mass is 35.5. The molecule has 3 aromatic carbocycles. The molecule has 0 aromatic heterocycles. The van der Waals surface area contributed by atoms with Crippen LogP contribution in [0.25, 0.3) is 0 Å². The first-order valence-corrected chi connectivity index (χ1v) is 12.8. The number of rotatable bonds is 8. The summed E-state index contributed by atoms with van der Waals surface area (Å²) in [7, 11) is 0. The van der Waals surface area contributed by atoms with E-state index in [1.807, 2.05) is 54.6 Å². The number of esters is 1. The Labute approximate surface area is 221 Å². The zero-order chi connectivity index (χ0) is 26.3. The van der Waals surface area contributed by atoms with Crippen molar-refractivity contribution in [1.29, 1.82) is 0 Å². The minimum absolute atomic E-state index is 0.0435. The summed E-state index contributed by atoms with van der Waals surface area (Å²) in [6, 6.07) is 24.3. The number of ketones is 1. The van der Waals surface area contributed by atoms with Crippen LogP contribution in [-0.4, -0.2) is 30.7 Å². The van der Waals surface area contributed by atoms with Gasteiger partial charge in [0.05, 0.1) is 11.0 Å². The monoisotopic (exact) mass is 519 g/mol. The van der Waals surface area contributed by atoms with Crippen molar-refractivity contribution in [2.24, 2.45) is 0 Å². The zero-order valence-electron chi connectivity index (χ0n) is 20.7. The number of hydrogen-bond donors (Lipinski definition) is 1. The lowest BCUT2D eigenvalue weighted by Crippen LogP contribution is -2.49. The van der Waals surface area contributed by atoms with Gasteiger partial charge in [-0.3, -0.25) is 4.79 Å². The summed E-state index contributed by atoms with van der Waals surface area (Å²) < 4.78 is 10.6. The molecule has 192 valence electrons. The van der Waals surface area contributed by atoms with Gasteiger partial charge in [0.15, 0.2) is 0 Å². The van der Waals surface area contributed by atoms with E-state index in [4.69, 9.17) is 21.1 Å². The Morgan fingerprint density at radius 1 is 0.946 bits per heavy atom. The fourth-order valence-electron chi connectivity index (χ4n) is 4.81. The number of hydrogen-bond acceptors (Lipinski definition) is 5. The lowest BCUT2D eigenvalue weighted by molar-refractivity contribution is -0.126. The van der Waals surface area contributed by atoms with Crippen LogP contribution in [0.2, 0.25) is 5.02 Å². The summed E-state index contributed by atoms with van der Waals surface area (Å²) >= 11 is 6.43. The predicted molar refractivity (Wildman–Crippen MR) is 142 cm³/mol. The number of alkyl carbamates (subject to hydrolysis) is 1. The van der Waals surface area contributed by atoms with Crippen LogP contribution < -0.4 is 5.32 Å². The number of benzene rings is 3. The zero-order valence-corrected chi connectivity index (χ0v) is 21.5. The van der Waals surface area contributed by atoms with Crippen molar-refractivity contribution in [1.82, 2.24) is 5.32 Å². The van der Waals surface area contributed by atoms with Crippen molar-refractivity contribution in [2.45, 2.75) is 50.7 Å². The van der Waals surface area contributed by atoms with Crippen LogP contribution in [0.15, 0.2) is 78.9 Å². The van der Waals surface area contributed by atoms with Crippen molar-refractivity contribution < 1.29 is 23.9 Å². The maximum atomic E-state index is 13.0. The molecule has 1 N–H and O–H groups in total. The van der Waals surface area contributed by atoms with Gasteiger partial charge in [0.2, 0.25) is 6.29 Å². The first-order valence-electron chi connectivity index (χ1n) is 12.4. The van der Waals surface area contributed by atoms with Gasteiger partial charge in [0.25, 0.3) is 0 Å². The second-order valence-corrected chi connectivity index (χ2v) is 9.69. The van der Waals surface area contributed by atoms with Crippen molar-refractivity contribution in [3.63, 3.8) is 0 Å². The van der Waals surface area contributed by atoms with Gasteiger partial charge in [-0.25, -0.2) is 9.59 Å². The summed E-state index contributed by atoms with van der Waals surface area (Å²) in [5.74, 6) is -0.549. The Bertz CT molecular complexity index is 1260. The fraction of sp³-hybridized carbons (Fsp3) is 0.300. The highest BCUT2D eigenvalue weighted by molar-refractivity contribution is 6.31. The van der Waals surface area contributed by atoms with Gasteiger partial charge in [-0.05, 0) is 54.2 Å². The number of carbonyl (C=O) groups excluding carboxylic acids is 3. The van der Waals surface area contributed by atoms with Crippen molar-refractivity contribution >= 4 is 29.4 Å². The van der Waals surface area contributed by atoms with Gasteiger partial charge >= 0.3 is 12.1 Å². The third-order valence-corrected chi connectivity index (χ3v) is 7.00. The van der Waals surface area contributed by atoms with Crippen LogP contribution in [0.5, 0.6) is 0 Å². The molecule has 1 aliphatic carbocycles. The molecular weight excluding hydrogens is 490 g/mol. The average Bonchev–Trinajstić information content (AvgIpc) is 2.89. The van der Waals surface area contributed by atoms with Crippen LogP contribution in [-0.2, 0) is 26.1 Å². The molecule has 6 nitrogen and oxygen atoms in total. The van der Waals surface area contributed by atoms with Crippen LogP contribution in [0.3, 0.4) is 0 Å². The maximum absolute atomic E-state index is 13.0. The highest BCUT2D eigenvalue weighted by Crippen LogP contribution is 2.39. The van der Waals surface area contributed by atoms with E-state index in [0.717, 1.165) is 24.0 Å². The van der Waals surface area contributed by atoms with Crippen LogP contribution in [0, 0.1) is 0 Å². The quantitative estimate of drug-likeness (QED) is 0.281. The van der Waals surface area contributed by atoms with Gasteiger partial charge in [-0.2, -0.15) is 0 Å². The molecule has 1 fully saturated rings. The van der Waals surface area contributed by atoms with Gasteiger partial charge in [0.1, 0.15) is 5.78 Å². The molecule has 0 bridgehead atoms. The molecule has 7 heteroatoms. The van der Waals surface area contributed by atoms with E-state index in [2.05, 4.69) is 5.32 Å². The second-order valence-electron chi connectivity index (χ2n) is 9.29. The average molecular weight is 520 g/mol. The summed E-state index contributed by atoms with van der Waals surface area (Å²) in [5, 5.41) is 3.19. The van der Waals surface area contributed by atoms with E-state index in [1.165, 1.54) is 6.92 Å². The Kier molecular flexibility index (Phi) is 8.62. The Balaban J connectivity index is 1.35. The van der Waals surface area contributed by atoms with Crippen LogP contribution in [0.1, 0.15) is 59.7 Å². The van der Waals surface area contributed by atoms with E-state index in [-0.39, 0.29) is 12.3 Å². The lowest BCUT2D eigenvalue weighted by Gasteiger charge is -2.36. The van der Waals surface area contributed by atoms with E-state index < -0.39 is 23.8 Å². The summed E-state index contributed by atoms with van der Waals surface area (Å²) in [5.41, 5.74) is 2.27. The molecule has 0 saturated heterocycles. The van der Waals surface area contributed by atoms with Gasteiger partial charge in [0, 0.05) is 24.9 Å². The number of ether oxygens (including phenoxy) is 2. The third kappa shape index (κ3) is 6.57. The maximum Gasteiger partial charge on any atom is 0.410 e. The molecule has 0 radical (unpaired) electrons. The molecule has 3 aromatic rings. The summed E-state index contributed by atoms with van der Waals surface area (Å²) in [4.78, 5) is 38.3. The minimum Gasteiger partial charge on any atom is -0.422 e. The number of carbonyl (C=O) groups is 3. The van der Waals surface area contributed by atoms with Crippen molar-refractivity contribution in [3.8, 4) is 0 Å². The third-order valence-electron chi connectivity index (χ3n) is 6.67. The number of amides is 1. The summed E-state index contributed by atoms with van der Waals surface area (Å²) in [6.45, 7) is 1.53. The normalized spacial score (nSPS) is 18.1. The Morgan fingerprint density at radius 2 is 1.68 bits per heavy atom. The van der Waals surface area contributed by atoms with Gasteiger partial charge in [-0.15, -0.1) is 0 Å². The highest BCUT2D eigenvalue weighted by Gasteiger charge is 2.43. The number of nitrogens with one attached hydrogen (secondary N) is 1. The molecule has 1 saturated carbocycles. The van der Waals surface area contributed by atoms with Crippen molar-refractivity contribution in [2.75, 3.05) is 6.54 Å². The Hall–Kier alpha value is -3.64. The molecule has 37 heavy (non-hydrogen) atoms. The molecule has 2 atom stereocenters. The molecule has 1 aliphatic rings. The summed E-state index contributed by atoms with van der Waals surface area (Å²) in [6.07, 6.45) is 1.47. The molecule has 1 amide bonds. The molecule has 0 heterocycles. The first-order chi connectivity index (χ1) is 17.9. The second kappa shape index (κ2) is 12.1. The SMILES string of the molecule is CC(OC(=O)NC[C@@]1(c2ccccc2Cl)CCCCC1=O)OC(=O)c1cccc(Cc2ccccc2)c1. The lowest BCUT2D eigenvalue weighted by atomic mass is 9.68. The number of halogens is 1. The minimum atomic E-state index is -1.12. The standard InChI is InChI=1S/C30H30ClNO5/c1-21(36-28(34)24-13-9-12-23(19-24)18-22-10-3-2-4-11-22)37-29(35)32-20-30(17-8-7-16-27(30)33)25-14-5-6-15-26(25)31/h2-6,9-15,19,21H,7-8,16-18,20H2,1H3,(H,32,35)/t21?,30-/m1/s1. The van der Waals surface area contributed by atoms with Crippen LogP contribution in [0.4, 0.5) is 4.79 Å². The van der Waals surface area contributed by atoms with Crippen molar-refractivity contribution in [3.05, 3.63) is 106 Å². The molecule has 1 unspecified atom stereocenters. The Morgan fingerprint density at radius 3 is 2.43 bits per heavy atom. The van der Waals surface area contributed by atoms with E-state index in [1.54, 1.807) is 24.3 Å². The first kappa shape index (κ1) is 26.4. The van der Waals surface area contributed by atoms with E-state index in [0.29, 0.717) is 35.4 Å². The largest absolute Gasteiger partial charge is 0.422 e. The molecular formula is C30H30ClNO5. The van der Waals surface area contributed by atoms with Gasteiger partial charge in [-0.1, -0.05) is 78.7 Å². The fourth-order valence-corrected chi connectivity index (χ4v) is 5.12. The molecule has 4 rings (SSSR count). The van der Waals surface area contributed by atoms with Gasteiger partial charge < -0.3 is 14.8 Å². The number of Topliss-reactive ketones (excluding diaryl/α,β-unsaturated/α-hetero) is 1. The predicted octanol–water partition coefficient (Wildman–Crippen LogP) is 6.24. The molecule has 0 spiro atoms. The van der Waals surface area contributed by atoms with E-state index in [9.17, 15) is 14.4 Å².